The van der Waals surface area contributed by atoms with Gasteiger partial charge in [-0.15, -0.1) is 24.0 Å². The Hall–Kier alpha value is -0.0400. The van der Waals surface area contributed by atoms with Crippen molar-refractivity contribution in [2.45, 2.75) is 50.3 Å². The van der Waals surface area contributed by atoms with Crippen LogP contribution < -0.4 is 11.1 Å². The third-order valence-electron chi connectivity index (χ3n) is 3.69. The van der Waals surface area contributed by atoms with E-state index in [9.17, 15) is 0 Å². The van der Waals surface area contributed by atoms with E-state index >= 15 is 0 Å². The Bertz CT molecular complexity index is 280. The molecule has 92 valence electrons. The molecule has 3 aliphatic rings. The lowest BCUT2D eigenvalue weighted by atomic mass is 9.73. The van der Waals surface area contributed by atoms with Crippen LogP contribution in [-0.2, 0) is 4.74 Å². The Morgan fingerprint density at radius 3 is 2.81 bits per heavy atom. The van der Waals surface area contributed by atoms with Crippen molar-refractivity contribution in [1.82, 2.24) is 5.32 Å². The number of nitrogens with one attached hydrogen (secondary N) is 1. The van der Waals surface area contributed by atoms with Crippen LogP contribution in [0.5, 0.6) is 0 Å². The number of nitrogens with two attached hydrogens (primary N) is 1. The molecule has 0 aromatic rings. The SMILES string of the molecule is I.NC(=NC1CC2OCCCC12)NC1CC1. The van der Waals surface area contributed by atoms with Gasteiger partial charge in [0.25, 0.3) is 0 Å². The van der Waals surface area contributed by atoms with Gasteiger partial charge in [0.15, 0.2) is 5.96 Å². The molecule has 2 saturated carbocycles. The highest BCUT2D eigenvalue weighted by Crippen LogP contribution is 2.39. The third-order valence-corrected chi connectivity index (χ3v) is 3.69. The number of halogens is 1. The van der Waals surface area contributed by atoms with Crippen molar-refractivity contribution in [3.8, 4) is 0 Å². The molecule has 0 amide bonds. The zero-order valence-corrected chi connectivity index (χ0v) is 11.7. The highest BCUT2D eigenvalue weighted by Gasteiger charge is 2.43. The van der Waals surface area contributed by atoms with Crippen molar-refractivity contribution in [2.75, 3.05) is 6.61 Å². The van der Waals surface area contributed by atoms with Crippen molar-refractivity contribution >= 4 is 29.9 Å². The van der Waals surface area contributed by atoms with Crippen LogP contribution in [0.2, 0.25) is 0 Å². The van der Waals surface area contributed by atoms with Gasteiger partial charge in [-0.05, 0) is 32.1 Å². The van der Waals surface area contributed by atoms with Gasteiger partial charge in [-0.2, -0.15) is 0 Å². The summed E-state index contributed by atoms with van der Waals surface area (Å²) >= 11 is 0. The second-order valence-corrected chi connectivity index (χ2v) is 4.95. The zero-order valence-electron chi connectivity index (χ0n) is 9.39. The molecule has 5 heteroatoms. The molecule has 1 heterocycles. The number of ether oxygens (including phenoxy) is 1. The van der Waals surface area contributed by atoms with E-state index in [2.05, 4.69) is 10.3 Å². The number of aliphatic imine (C=N–C) groups is 1. The molecule has 0 aromatic carbocycles. The number of guanidine groups is 1. The van der Waals surface area contributed by atoms with Crippen molar-refractivity contribution < 1.29 is 4.74 Å². The first-order chi connectivity index (χ1) is 7.33. The lowest BCUT2D eigenvalue weighted by Crippen LogP contribution is -2.50. The number of rotatable bonds is 2. The van der Waals surface area contributed by atoms with Gasteiger partial charge in [-0.1, -0.05) is 0 Å². The number of nitrogens with zero attached hydrogens (tertiary/aromatic N) is 1. The van der Waals surface area contributed by atoms with E-state index in [4.69, 9.17) is 10.5 Å². The van der Waals surface area contributed by atoms with Gasteiger partial charge in [0, 0.05) is 18.6 Å². The lowest BCUT2D eigenvalue weighted by molar-refractivity contribution is -0.0938. The van der Waals surface area contributed by atoms with E-state index in [0.717, 1.165) is 13.0 Å². The summed E-state index contributed by atoms with van der Waals surface area (Å²) in [5, 5.41) is 3.24. The molecule has 0 aromatic heterocycles. The predicted octanol–water partition coefficient (Wildman–Crippen LogP) is 1.24. The van der Waals surface area contributed by atoms with Gasteiger partial charge in [0.1, 0.15) is 0 Å². The average Bonchev–Trinajstić information content (AvgIpc) is 2.98. The molecule has 0 spiro atoms. The number of hydrogen-bond acceptors (Lipinski definition) is 2. The van der Waals surface area contributed by atoms with Gasteiger partial charge in [-0.25, -0.2) is 4.99 Å². The van der Waals surface area contributed by atoms with Gasteiger partial charge >= 0.3 is 0 Å². The predicted molar refractivity (Wildman–Crippen MR) is 74.1 cm³/mol. The van der Waals surface area contributed by atoms with Crippen molar-refractivity contribution in [3.63, 3.8) is 0 Å². The van der Waals surface area contributed by atoms with E-state index in [1.54, 1.807) is 0 Å². The van der Waals surface area contributed by atoms with Crippen LogP contribution >= 0.6 is 24.0 Å². The quantitative estimate of drug-likeness (QED) is 0.453. The topological polar surface area (TPSA) is 59.6 Å². The Morgan fingerprint density at radius 2 is 2.12 bits per heavy atom. The van der Waals surface area contributed by atoms with Gasteiger partial charge < -0.3 is 15.8 Å². The minimum Gasteiger partial charge on any atom is -0.378 e. The van der Waals surface area contributed by atoms with Crippen LogP contribution in [-0.4, -0.2) is 30.8 Å². The number of hydrogen-bond donors (Lipinski definition) is 2. The molecule has 0 radical (unpaired) electrons. The highest BCUT2D eigenvalue weighted by molar-refractivity contribution is 14.0. The maximum Gasteiger partial charge on any atom is 0.189 e. The summed E-state index contributed by atoms with van der Waals surface area (Å²) in [4.78, 5) is 4.55. The summed E-state index contributed by atoms with van der Waals surface area (Å²) in [7, 11) is 0. The van der Waals surface area contributed by atoms with Crippen molar-refractivity contribution in [2.24, 2.45) is 16.6 Å². The second-order valence-electron chi connectivity index (χ2n) is 4.95. The molecule has 16 heavy (non-hydrogen) atoms. The van der Waals surface area contributed by atoms with Crippen molar-refractivity contribution in [1.29, 1.82) is 0 Å². The van der Waals surface area contributed by atoms with E-state index in [0.29, 0.717) is 30.1 Å². The minimum atomic E-state index is 0. The normalized spacial score (nSPS) is 38.0. The van der Waals surface area contributed by atoms with Gasteiger partial charge in [0.2, 0.25) is 0 Å². The first-order valence-corrected chi connectivity index (χ1v) is 6.04. The maximum absolute atomic E-state index is 5.84. The fraction of sp³-hybridized carbons (Fsp3) is 0.909. The van der Waals surface area contributed by atoms with Crippen LogP contribution in [0.4, 0.5) is 0 Å². The Morgan fingerprint density at radius 1 is 1.31 bits per heavy atom. The molecule has 3 atom stereocenters. The van der Waals surface area contributed by atoms with Gasteiger partial charge in [0.05, 0.1) is 12.1 Å². The van der Waals surface area contributed by atoms with E-state index in [-0.39, 0.29) is 24.0 Å². The van der Waals surface area contributed by atoms with Crippen LogP contribution in [0.15, 0.2) is 4.99 Å². The monoisotopic (exact) mass is 337 g/mol. The summed E-state index contributed by atoms with van der Waals surface area (Å²) < 4.78 is 5.65. The highest BCUT2D eigenvalue weighted by atomic mass is 127. The van der Waals surface area contributed by atoms with Crippen LogP contribution in [0.25, 0.3) is 0 Å². The molecule has 1 aliphatic heterocycles. The summed E-state index contributed by atoms with van der Waals surface area (Å²) in [6, 6.07) is 1.02. The average molecular weight is 337 g/mol. The Labute approximate surface area is 113 Å². The second kappa shape index (κ2) is 5.08. The van der Waals surface area contributed by atoms with Crippen molar-refractivity contribution in [3.05, 3.63) is 0 Å². The molecule has 4 nitrogen and oxygen atoms in total. The maximum atomic E-state index is 5.84. The van der Waals surface area contributed by atoms with E-state index in [1.165, 1.54) is 25.7 Å². The Balaban J connectivity index is 0.000000963. The van der Waals surface area contributed by atoms with E-state index < -0.39 is 0 Å². The minimum absolute atomic E-state index is 0. The lowest BCUT2D eigenvalue weighted by Gasteiger charge is -2.45. The number of fused-ring (bicyclic) bond motifs is 1. The molecular formula is C11H20IN3O. The third kappa shape index (κ3) is 2.61. The van der Waals surface area contributed by atoms with Gasteiger partial charge in [-0.3, -0.25) is 0 Å². The summed E-state index contributed by atoms with van der Waals surface area (Å²) in [6.07, 6.45) is 6.48. The summed E-state index contributed by atoms with van der Waals surface area (Å²) in [6.45, 7) is 0.938. The molecule has 0 bridgehead atoms. The van der Waals surface area contributed by atoms with Crippen LogP contribution in [0, 0.1) is 5.92 Å². The molecule has 3 N–H and O–H groups in total. The molecule has 3 fully saturated rings. The molecule has 3 unspecified atom stereocenters. The summed E-state index contributed by atoms with van der Waals surface area (Å²) in [5.41, 5.74) is 5.84. The van der Waals surface area contributed by atoms with Crippen LogP contribution in [0.1, 0.15) is 32.1 Å². The Kier molecular flexibility index (Phi) is 3.94. The first-order valence-electron chi connectivity index (χ1n) is 6.04. The molecule has 1 saturated heterocycles. The smallest absolute Gasteiger partial charge is 0.189 e. The largest absolute Gasteiger partial charge is 0.378 e. The van der Waals surface area contributed by atoms with Crippen LogP contribution in [0.3, 0.4) is 0 Å². The fourth-order valence-corrected chi connectivity index (χ4v) is 2.56. The molecular weight excluding hydrogens is 317 g/mol. The van der Waals surface area contributed by atoms with E-state index in [1.807, 2.05) is 0 Å². The summed E-state index contributed by atoms with van der Waals surface area (Å²) in [5.74, 6) is 1.28. The molecule has 2 aliphatic carbocycles. The standard InChI is InChI=1S/C11H19N3O.HI/c12-11(13-7-3-4-7)14-9-6-10-8(9)2-1-5-15-10;/h7-10H,1-6H2,(H3,12,13,14);1H. The zero-order chi connectivity index (χ0) is 10.3. The first kappa shape index (κ1) is 12.4. The fourth-order valence-electron chi connectivity index (χ4n) is 2.56. The molecule has 3 rings (SSSR count).